The van der Waals surface area contributed by atoms with Crippen LogP contribution in [0, 0.1) is 0 Å². The maximum Gasteiger partial charge on any atom is 0.472 e. The highest BCUT2D eigenvalue weighted by Gasteiger charge is 2.25. The van der Waals surface area contributed by atoms with Crippen molar-refractivity contribution in [3.05, 3.63) is 109 Å². The van der Waals surface area contributed by atoms with Crippen LogP contribution in [0.1, 0.15) is 155 Å². The van der Waals surface area contributed by atoms with Crippen LogP contribution in [0.3, 0.4) is 0 Å². The standard InChI is InChI=1S/C49H82NO7P/c1-3-5-7-9-11-13-15-17-18-19-20-21-22-23-24-25-26-27-28-29-31-33-35-37-39-41-44-54-46-48(47-56-58(52,53)55-45-43-50)57-49(51)42-40-38-36-34-32-30-16-14-12-10-8-6-4-2/h5-8,11-14,17-18,20-21,23-24,30,32,36,38,48H,3-4,9-10,15-16,19,22,25-29,31,33-35,37,39-47,50H2,1-2H3,(H,52,53)/b7-5-,8-6-,13-11-,14-12-,18-17-,21-20-,24-23-,32-30-,38-36-. The fourth-order valence-electron chi connectivity index (χ4n) is 5.51. The van der Waals surface area contributed by atoms with E-state index in [4.69, 9.17) is 24.3 Å². The number of rotatable bonds is 41. The van der Waals surface area contributed by atoms with E-state index in [9.17, 15) is 14.3 Å². The highest BCUT2D eigenvalue weighted by Crippen LogP contribution is 2.43. The summed E-state index contributed by atoms with van der Waals surface area (Å²) in [6.07, 6.45) is 61.4. The number of carbonyl (C=O) groups excluding carboxylic acids is 1. The van der Waals surface area contributed by atoms with Crippen molar-refractivity contribution in [1.82, 2.24) is 0 Å². The van der Waals surface area contributed by atoms with Crippen LogP contribution in [0.4, 0.5) is 0 Å². The normalized spacial score (nSPS) is 14.5. The van der Waals surface area contributed by atoms with Gasteiger partial charge in [0.2, 0.25) is 0 Å². The van der Waals surface area contributed by atoms with E-state index in [1.807, 2.05) is 12.2 Å². The number of allylic oxidation sites excluding steroid dienone is 18. The Morgan fingerprint density at radius 1 is 0.517 bits per heavy atom. The summed E-state index contributed by atoms with van der Waals surface area (Å²) in [4.78, 5) is 22.4. The molecule has 0 aliphatic heterocycles. The molecule has 0 saturated heterocycles. The van der Waals surface area contributed by atoms with Crippen molar-refractivity contribution in [2.45, 2.75) is 161 Å². The summed E-state index contributed by atoms with van der Waals surface area (Å²) in [5.41, 5.74) is 5.36. The lowest BCUT2D eigenvalue weighted by atomic mass is 10.1. The summed E-state index contributed by atoms with van der Waals surface area (Å²) in [6.45, 7) is 4.55. The zero-order valence-electron chi connectivity index (χ0n) is 36.5. The lowest BCUT2D eigenvalue weighted by Crippen LogP contribution is -2.28. The second kappa shape index (κ2) is 45.2. The molecule has 0 aromatic carbocycles. The van der Waals surface area contributed by atoms with Crippen LogP contribution >= 0.6 is 7.82 Å². The van der Waals surface area contributed by atoms with Crippen LogP contribution in [-0.4, -0.2) is 49.9 Å². The van der Waals surface area contributed by atoms with Crippen molar-refractivity contribution in [1.29, 1.82) is 0 Å². The Bertz CT molecular complexity index is 1250. The number of esters is 1. The zero-order valence-corrected chi connectivity index (χ0v) is 37.4. The topological polar surface area (TPSA) is 117 Å². The largest absolute Gasteiger partial charge is 0.472 e. The smallest absolute Gasteiger partial charge is 0.457 e. The third-order valence-corrected chi connectivity index (χ3v) is 9.68. The van der Waals surface area contributed by atoms with Crippen molar-refractivity contribution < 1.29 is 32.8 Å². The molecule has 0 radical (unpaired) electrons. The van der Waals surface area contributed by atoms with Gasteiger partial charge in [-0.15, -0.1) is 0 Å². The predicted molar refractivity (Wildman–Crippen MR) is 247 cm³/mol. The first-order valence-electron chi connectivity index (χ1n) is 22.4. The molecular weight excluding hydrogens is 746 g/mol. The van der Waals surface area contributed by atoms with Crippen LogP contribution in [0.5, 0.6) is 0 Å². The first-order valence-corrected chi connectivity index (χ1v) is 23.9. The predicted octanol–water partition coefficient (Wildman–Crippen LogP) is 13.6. The average Bonchev–Trinajstić information content (AvgIpc) is 3.21. The fraction of sp³-hybridized carbons (Fsp3) is 0.612. The van der Waals surface area contributed by atoms with Crippen LogP contribution in [0.2, 0.25) is 0 Å². The SMILES string of the molecule is CC/C=C\C/C=C\C/C=C\C/C=C\C/C=C\CCCCCCCCCCCCOCC(COP(=O)(O)OCCN)OC(=O)CC/C=C\C/C=C\C/C=C\C/C=C\CC. The minimum atomic E-state index is -4.30. The lowest BCUT2D eigenvalue weighted by Gasteiger charge is -2.20. The van der Waals surface area contributed by atoms with Crippen molar-refractivity contribution in [2.75, 3.05) is 33.0 Å². The molecule has 3 N–H and O–H groups in total. The second-order valence-electron chi connectivity index (χ2n) is 14.1. The molecule has 0 amide bonds. The van der Waals surface area contributed by atoms with Gasteiger partial charge in [0.25, 0.3) is 0 Å². The van der Waals surface area contributed by atoms with E-state index in [0.29, 0.717) is 13.0 Å². The van der Waals surface area contributed by atoms with Gasteiger partial charge in [-0.05, 0) is 83.5 Å². The molecule has 0 heterocycles. The summed E-state index contributed by atoms with van der Waals surface area (Å²) < 4.78 is 33.3. The molecule has 2 atom stereocenters. The summed E-state index contributed by atoms with van der Waals surface area (Å²) in [5.74, 6) is -0.416. The van der Waals surface area contributed by atoms with Gasteiger partial charge in [-0.1, -0.05) is 175 Å². The van der Waals surface area contributed by atoms with Crippen LogP contribution in [0.15, 0.2) is 109 Å². The summed E-state index contributed by atoms with van der Waals surface area (Å²) >= 11 is 0. The monoisotopic (exact) mass is 828 g/mol. The van der Waals surface area contributed by atoms with Crippen molar-refractivity contribution in [3.63, 3.8) is 0 Å². The molecule has 0 rings (SSSR count). The number of hydrogen-bond donors (Lipinski definition) is 2. The van der Waals surface area contributed by atoms with Gasteiger partial charge in [0.15, 0.2) is 0 Å². The van der Waals surface area contributed by atoms with E-state index < -0.39 is 19.9 Å². The molecule has 2 unspecified atom stereocenters. The number of hydrogen-bond acceptors (Lipinski definition) is 7. The Balaban J connectivity index is 4.04. The molecular formula is C49H82NO7P. The Hall–Kier alpha value is -2.84. The number of nitrogens with two attached hydrogens (primary N) is 1. The van der Waals surface area contributed by atoms with E-state index in [2.05, 4.69) is 111 Å². The maximum absolute atomic E-state index is 12.5. The van der Waals surface area contributed by atoms with Crippen LogP contribution in [0.25, 0.3) is 0 Å². The quantitative estimate of drug-likeness (QED) is 0.0271. The Morgan fingerprint density at radius 3 is 1.36 bits per heavy atom. The first kappa shape index (κ1) is 55.2. The molecule has 9 heteroatoms. The highest BCUT2D eigenvalue weighted by molar-refractivity contribution is 7.47. The van der Waals surface area contributed by atoms with Gasteiger partial charge in [0.1, 0.15) is 6.10 Å². The van der Waals surface area contributed by atoms with E-state index >= 15 is 0 Å². The van der Waals surface area contributed by atoms with E-state index in [0.717, 1.165) is 70.6 Å². The third kappa shape index (κ3) is 44.3. The molecule has 0 spiro atoms. The van der Waals surface area contributed by atoms with Crippen molar-refractivity contribution >= 4 is 13.8 Å². The van der Waals surface area contributed by atoms with E-state index in [1.54, 1.807) is 0 Å². The number of phosphoric ester groups is 1. The molecule has 0 aliphatic rings. The minimum absolute atomic E-state index is 0.0771. The van der Waals surface area contributed by atoms with Gasteiger partial charge in [0, 0.05) is 19.6 Å². The Morgan fingerprint density at radius 2 is 0.914 bits per heavy atom. The third-order valence-electron chi connectivity index (χ3n) is 8.70. The van der Waals surface area contributed by atoms with Gasteiger partial charge in [-0.3, -0.25) is 13.8 Å². The summed E-state index contributed by atoms with van der Waals surface area (Å²) in [7, 11) is -4.30. The maximum atomic E-state index is 12.5. The summed E-state index contributed by atoms with van der Waals surface area (Å²) in [6, 6.07) is 0. The number of ether oxygens (including phenoxy) is 2. The first-order chi connectivity index (χ1) is 28.4. The van der Waals surface area contributed by atoms with Gasteiger partial charge in [-0.25, -0.2) is 4.57 Å². The molecule has 0 aliphatic carbocycles. The molecule has 0 aromatic heterocycles. The zero-order chi connectivity index (χ0) is 42.3. The van der Waals surface area contributed by atoms with E-state index in [-0.39, 0.29) is 32.8 Å². The lowest BCUT2D eigenvalue weighted by molar-refractivity contribution is -0.154. The Labute approximate surface area is 354 Å². The van der Waals surface area contributed by atoms with Gasteiger partial charge < -0.3 is 20.1 Å². The minimum Gasteiger partial charge on any atom is -0.457 e. The van der Waals surface area contributed by atoms with Crippen molar-refractivity contribution in [3.8, 4) is 0 Å². The molecule has 0 fully saturated rings. The number of phosphoric acid groups is 1. The van der Waals surface area contributed by atoms with E-state index in [1.165, 1.54) is 57.8 Å². The molecule has 0 bridgehead atoms. The van der Waals surface area contributed by atoms with Gasteiger partial charge in [-0.2, -0.15) is 0 Å². The molecule has 8 nitrogen and oxygen atoms in total. The van der Waals surface area contributed by atoms with Gasteiger partial charge in [0.05, 0.1) is 19.8 Å². The molecule has 58 heavy (non-hydrogen) atoms. The number of carbonyl (C=O) groups is 1. The summed E-state index contributed by atoms with van der Waals surface area (Å²) in [5, 5.41) is 0. The van der Waals surface area contributed by atoms with Gasteiger partial charge >= 0.3 is 13.8 Å². The Kier molecular flexibility index (Phi) is 43.0. The van der Waals surface area contributed by atoms with Crippen LogP contribution in [-0.2, 0) is 27.9 Å². The molecule has 0 saturated carbocycles. The highest BCUT2D eigenvalue weighted by atomic mass is 31.2. The second-order valence-corrected chi connectivity index (χ2v) is 15.6. The molecule has 0 aromatic rings. The molecule has 330 valence electrons. The van der Waals surface area contributed by atoms with Crippen molar-refractivity contribution in [2.24, 2.45) is 5.73 Å². The fourth-order valence-corrected chi connectivity index (χ4v) is 6.27. The number of unbranched alkanes of at least 4 members (excludes halogenated alkanes) is 10. The average molecular weight is 828 g/mol. The van der Waals surface area contributed by atoms with Crippen LogP contribution < -0.4 is 5.73 Å².